The van der Waals surface area contributed by atoms with Crippen molar-refractivity contribution in [3.05, 3.63) is 77.2 Å². The number of carbonyl (C=O) groups excluding carboxylic acids is 1. The van der Waals surface area contributed by atoms with Crippen LogP contribution in [0, 0.1) is 0 Å². The second-order valence-corrected chi connectivity index (χ2v) is 5.82. The van der Waals surface area contributed by atoms with Crippen LogP contribution in [-0.4, -0.2) is 23.0 Å². The number of rotatable bonds is 6. The summed E-state index contributed by atoms with van der Waals surface area (Å²) in [6, 6.07) is 14.3. The van der Waals surface area contributed by atoms with E-state index in [2.05, 4.69) is 20.6 Å². The Kier molecular flexibility index (Phi) is 5.66. The molecule has 0 aliphatic carbocycles. The van der Waals surface area contributed by atoms with Gasteiger partial charge in [0, 0.05) is 18.1 Å². The summed E-state index contributed by atoms with van der Waals surface area (Å²) in [4.78, 5) is 20.6. The summed E-state index contributed by atoms with van der Waals surface area (Å²) in [5, 5.41) is 6.44. The van der Waals surface area contributed by atoms with Gasteiger partial charge in [-0.15, -0.1) is 0 Å². The minimum Gasteiger partial charge on any atom is -0.495 e. The maximum absolute atomic E-state index is 12.2. The number of ether oxygens (including phenoxy) is 1. The van der Waals surface area contributed by atoms with Crippen molar-refractivity contribution in [3.63, 3.8) is 0 Å². The molecule has 2 N–H and O–H groups in total. The van der Waals surface area contributed by atoms with Crippen LogP contribution in [0.3, 0.4) is 0 Å². The molecule has 0 aliphatic rings. The van der Waals surface area contributed by atoms with Crippen LogP contribution < -0.4 is 15.4 Å². The van der Waals surface area contributed by atoms with E-state index < -0.39 is 0 Å². The van der Waals surface area contributed by atoms with Crippen molar-refractivity contribution < 1.29 is 9.53 Å². The predicted octanol–water partition coefficient (Wildman–Crippen LogP) is 3.81. The first kappa shape index (κ1) is 17.7. The van der Waals surface area contributed by atoms with E-state index in [-0.39, 0.29) is 5.91 Å². The largest absolute Gasteiger partial charge is 0.495 e. The minimum absolute atomic E-state index is 0.206. The van der Waals surface area contributed by atoms with Crippen molar-refractivity contribution >= 4 is 29.0 Å². The summed E-state index contributed by atoms with van der Waals surface area (Å²) >= 11 is 6.10. The average molecular weight is 369 g/mol. The Bertz CT molecular complexity index is 886. The molecule has 3 aromatic rings. The number of halogens is 1. The van der Waals surface area contributed by atoms with Gasteiger partial charge in [-0.05, 0) is 42.5 Å². The summed E-state index contributed by atoms with van der Waals surface area (Å²) in [5.74, 6) is 1.000. The van der Waals surface area contributed by atoms with E-state index in [1.807, 2.05) is 24.3 Å². The molecule has 7 heteroatoms. The number of hydrogen-bond acceptors (Lipinski definition) is 5. The highest BCUT2D eigenvalue weighted by Gasteiger charge is 2.07. The number of anilines is 2. The standard InChI is InChI=1S/C19H17ClN4O2/c1-26-17-7-6-14(10-16(17)20)24-18-8-5-13(11-22-18)19(25)23-12-15-4-2-3-9-21-15/h2-11H,12H2,1H3,(H,22,24)(H,23,25). The van der Waals surface area contributed by atoms with Crippen LogP contribution in [0.1, 0.15) is 16.1 Å². The van der Waals surface area contributed by atoms with Gasteiger partial charge in [-0.2, -0.15) is 0 Å². The second kappa shape index (κ2) is 8.31. The highest BCUT2D eigenvalue weighted by molar-refractivity contribution is 6.32. The lowest BCUT2D eigenvalue weighted by atomic mass is 10.2. The van der Waals surface area contributed by atoms with Crippen LogP contribution in [0.2, 0.25) is 5.02 Å². The molecule has 1 aromatic carbocycles. The van der Waals surface area contributed by atoms with Gasteiger partial charge in [-0.3, -0.25) is 9.78 Å². The molecule has 2 heterocycles. The molecule has 26 heavy (non-hydrogen) atoms. The van der Waals surface area contributed by atoms with Gasteiger partial charge in [0.15, 0.2) is 0 Å². The van der Waals surface area contributed by atoms with Crippen molar-refractivity contribution in [1.29, 1.82) is 0 Å². The van der Waals surface area contributed by atoms with E-state index in [1.54, 1.807) is 37.6 Å². The summed E-state index contributed by atoms with van der Waals surface area (Å²) in [7, 11) is 1.56. The Balaban J connectivity index is 1.61. The number of methoxy groups -OCH3 is 1. The molecule has 0 radical (unpaired) electrons. The number of amides is 1. The minimum atomic E-state index is -0.206. The number of nitrogens with zero attached hydrogens (tertiary/aromatic N) is 2. The van der Waals surface area contributed by atoms with Gasteiger partial charge >= 0.3 is 0 Å². The molecule has 1 amide bonds. The van der Waals surface area contributed by atoms with Gasteiger partial charge in [0.1, 0.15) is 11.6 Å². The zero-order chi connectivity index (χ0) is 18.4. The molecule has 3 rings (SSSR count). The van der Waals surface area contributed by atoms with Crippen LogP contribution in [0.25, 0.3) is 0 Å². The van der Waals surface area contributed by atoms with Crippen molar-refractivity contribution in [2.75, 3.05) is 12.4 Å². The Hall–Kier alpha value is -3.12. The highest BCUT2D eigenvalue weighted by Crippen LogP contribution is 2.28. The Labute approximate surface area is 156 Å². The number of aromatic nitrogens is 2. The molecule has 0 aliphatic heterocycles. The number of pyridine rings is 2. The molecule has 132 valence electrons. The average Bonchev–Trinajstić information content (AvgIpc) is 2.68. The van der Waals surface area contributed by atoms with Gasteiger partial charge in [-0.25, -0.2) is 4.98 Å². The number of benzene rings is 1. The molecule has 0 saturated heterocycles. The SMILES string of the molecule is COc1ccc(Nc2ccc(C(=O)NCc3ccccn3)cn2)cc1Cl. The van der Waals surface area contributed by atoms with Crippen molar-refractivity contribution in [2.45, 2.75) is 6.54 Å². The van der Waals surface area contributed by atoms with E-state index in [0.717, 1.165) is 11.4 Å². The lowest BCUT2D eigenvalue weighted by molar-refractivity contribution is 0.0950. The molecule has 0 saturated carbocycles. The molecule has 2 aromatic heterocycles. The first-order valence-electron chi connectivity index (χ1n) is 7.90. The number of hydrogen-bond donors (Lipinski definition) is 2. The molecule has 6 nitrogen and oxygen atoms in total. The molecule has 0 fully saturated rings. The number of carbonyl (C=O) groups is 1. The Morgan fingerprint density at radius 2 is 2.04 bits per heavy atom. The van der Waals surface area contributed by atoms with Crippen LogP contribution >= 0.6 is 11.6 Å². The van der Waals surface area contributed by atoms with Crippen molar-refractivity contribution in [1.82, 2.24) is 15.3 Å². The van der Waals surface area contributed by atoms with Crippen molar-refractivity contribution in [3.8, 4) is 5.75 Å². The molecule has 0 spiro atoms. The van der Waals surface area contributed by atoms with E-state index in [1.165, 1.54) is 6.20 Å². The third-order valence-corrected chi connectivity index (χ3v) is 3.90. The highest BCUT2D eigenvalue weighted by atomic mass is 35.5. The molecular formula is C19H17ClN4O2. The fourth-order valence-electron chi connectivity index (χ4n) is 2.27. The predicted molar refractivity (Wildman–Crippen MR) is 101 cm³/mol. The fraction of sp³-hybridized carbons (Fsp3) is 0.105. The third-order valence-electron chi connectivity index (χ3n) is 3.61. The van der Waals surface area contributed by atoms with Crippen molar-refractivity contribution in [2.24, 2.45) is 0 Å². The van der Waals surface area contributed by atoms with Crippen LogP contribution in [0.5, 0.6) is 5.75 Å². The van der Waals surface area contributed by atoms with E-state index in [9.17, 15) is 4.79 Å². The normalized spacial score (nSPS) is 10.2. The van der Waals surface area contributed by atoms with E-state index in [4.69, 9.17) is 16.3 Å². The van der Waals surface area contributed by atoms with Crippen LogP contribution in [0.15, 0.2) is 60.9 Å². The Morgan fingerprint density at radius 1 is 1.15 bits per heavy atom. The summed E-state index contributed by atoms with van der Waals surface area (Å²) in [6.45, 7) is 0.365. The zero-order valence-electron chi connectivity index (χ0n) is 14.1. The summed E-state index contributed by atoms with van der Waals surface area (Å²) in [6.07, 6.45) is 3.20. The van der Waals surface area contributed by atoms with Gasteiger partial charge in [-0.1, -0.05) is 17.7 Å². The first-order valence-corrected chi connectivity index (χ1v) is 8.28. The summed E-state index contributed by atoms with van der Waals surface area (Å²) in [5.41, 5.74) is 2.04. The smallest absolute Gasteiger partial charge is 0.253 e. The lowest BCUT2D eigenvalue weighted by Gasteiger charge is -2.09. The van der Waals surface area contributed by atoms with Gasteiger partial charge in [0.2, 0.25) is 0 Å². The summed E-state index contributed by atoms with van der Waals surface area (Å²) < 4.78 is 5.12. The second-order valence-electron chi connectivity index (χ2n) is 5.41. The maximum atomic E-state index is 12.2. The molecule has 0 atom stereocenters. The zero-order valence-corrected chi connectivity index (χ0v) is 14.8. The van der Waals surface area contributed by atoms with Gasteiger partial charge in [0.05, 0.1) is 29.9 Å². The lowest BCUT2D eigenvalue weighted by Crippen LogP contribution is -2.23. The van der Waals surface area contributed by atoms with E-state index >= 15 is 0 Å². The van der Waals surface area contributed by atoms with Gasteiger partial charge < -0.3 is 15.4 Å². The monoisotopic (exact) mass is 368 g/mol. The fourth-order valence-corrected chi connectivity index (χ4v) is 2.53. The molecule has 0 unspecified atom stereocenters. The quantitative estimate of drug-likeness (QED) is 0.691. The Morgan fingerprint density at radius 3 is 2.69 bits per heavy atom. The first-order chi connectivity index (χ1) is 12.7. The molecule has 0 bridgehead atoms. The molecular weight excluding hydrogens is 352 g/mol. The van der Waals surface area contributed by atoms with E-state index in [0.29, 0.717) is 28.7 Å². The van der Waals surface area contributed by atoms with Gasteiger partial charge in [0.25, 0.3) is 5.91 Å². The topological polar surface area (TPSA) is 76.1 Å². The number of nitrogens with one attached hydrogen (secondary N) is 2. The van der Waals surface area contributed by atoms with Crippen LogP contribution in [-0.2, 0) is 6.54 Å². The van der Waals surface area contributed by atoms with Crippen LogP contribution in [0.4, 0.5) is 11.5 Å². The maximum Gasteiger partial charge on any atom is 0.253 e. The third kappa shape index (κ3) is 4.49.